The van der Waals surface area contributed by atoms with Crippen LogP contribution in [-0.4, -0.2) is 22.4 Å². The molecule has 1 heterocycles. The second kappa shape index (κ2) is 5.84. The van der Waals surface area contributed by atoms with E-state index in [0.29, 0.717) is 6.07 Å². The predicted octanol–water partition coefficient (Wildman–Crippen LogP) is 3.15. The van der Waals surface area contributed by atoms with Gasteiger partial charge in [0.05, 0.1) is 17.7 Å². The molecule has 0 spiro atoms. The van der Waals surface area contributed by atoms with Crippen LogP contribution < -0.4 is 4.74 Å². The molecule has 0 saturated carbocycles. The zero-order valence-corrected chi connectivity index (χ0v) is 11.0. The van der Waals surface area contributed by atoms with E-state index in [1.54, 1.807) is 0 Å². The summed E-state index contributed by atoms with van der Waals surface area (Å²) in [7, 11) is 0. The molecule has 1 N–H and O–H groups in total. The smallest absolute Gasteiger partial charge is 0.481 e. The van der Waals surface area contributed by atoms with Crippen molar-refractivity contribution in [3.8, 4) is 5.75 Å². The summed E-state index contributed by atoms with van der Waals surface area (Å²) < 4.78 is 64.6. The van der Waals surface area contributed by atoms with E-state index in [9.17, 15) is 26.7 Å². The van der Waals surface area contributed by atoms with Crippen LogP contribution in [0.1, 0.15) is 17.7 Å². The number of hydrogen-bond donors (Lipinski definition) is 1. The first kappa shape index (κ1) is 15.9. The van der Waals surface area contributed by atoms with Crippen molar-refractivity contribution in [3.63, 3.8) is 0 Å². The fourth-order valence-corrected chi connectivity index (χ4v) is 1.93. The van der Waals surface area contributed by atoms with E-state index in [4.69, 9.17) is 5.11 Å². The van der Waals surface area contributed by atoms with Gasteiger partial charge in [-0.3, -0.25) is 4.79 Å². The van der Waals surface area contributed by atoms with Crippen molar-refractivity contribution in [1.29, 1.82) is 0 Å². The molecule has 0 fully saturated rings. The van der Waals surface area contributed by atoms with Crippen molar-refractivity contribution in [2.24, 2.45) is 0 Å². The molecule has 0 unspecified atom stereocenters. The van der Waals surface area contributed by atoms with Crippen molar-refractivity contribution in [3.05, 3.63) is 21.0 Å². The lowest BCUT2D eigenvalue weighted by atomic mass is 10.2. The standard InChI is InChI=1S/C9H5F5INO3/c10-7(11)4-1-3(2-5(17)18)16-8(15)6(4)19-9(12,13)14/h1,7H,2H2,(H,17,18). The topological polar surface area (TPSA) is 59.4 Å². The second-order valence-electron chi connectivity index (χ2n) is 3.24. The fourth-order valence-electron chi connectivity index (χ4n) is 1.20. The molecule has 19 heavy (non-hydrogen) atoms. The van der Waals surface area contributed by atoms with Crippen molar-refractivity contribution in [2.75, 3.05) is 0 Å². The number of alkyl halides is 5. The number of carbonyl (C=O) groups is 1. The Morgan fingerprint density at radius 3 is 2.47 bits per heavy atom. The Kier molecular flexibility index (Phi) is 4.87. The lowest BCUT2D eigenvalue weighted by Crippen LogP contribution is -2.20. The summed E-state index contributed by atoms with van der Waals surface area (Å²) in [6, 6.07) is 0.585. The Balaban J connectivity index is 3.27. The maximum Gasteiger partial charge on any atom is 0.573 e. The number of rotatable bonds is 4. The highest BCUT2D eigenvalue weighted by atomic mass is 127. The van der Waals surface area contributed by atoms with Crippen LogP contribution in [0, 0.1) is 3.70 Å². The van der Waals surface area contributed by atoms with Gasteiger partial charge in [-0.25, -0.2) is 13.8 Å². The van der Waals surface area contributed by atoms with Crippen LogP contribution in [0.5, 0.6) is 5.75 Å². The van der Waals surface area contributed by atoms with Crippen LogP contribution in [0.2, 0.25) is 0 Å². The van der Waals surface area contributed by atoms with E-state index in [1.807, 2.05) is 0 Å². The molecule has 106 valence electrons. The van der Waals surface area contributed by atoms with Gasteiger partial charge in [0.25, 0.3) is 6.43 Å². The number of hydrogen-bond acceptors (Lipinski definition) is 3. The Labute approximate surface area is 116 Å². The number of nitrogens with zero attached hydrogens (tertiary/aromatic N) is 1. The molecule has 1 aromatic heterocycles. The van der Waals surface area contributed by atoms with Gasteiger partial charge in [-0.15, -0.1) is 13.2 Å². The summed E-state index contributed by atoms with van der Waals surface area (Å²) in [6.07, 6.45) is -9.07. The molecule has 0 aromatic carbocycles. The van der Waals surface area contributed by atoms with Gasteiger partial charge in [0.15, 0.2) is 5.75 Å². The van der Waals surface area contributed by atoms with Crippen LogP contribution >= 0.6 is 22.6 Å². The summed E-state index contributed by atoms with van der Waals surface area (Å²) in [6.45, 7) is 0. The van der Waals surface area contributed by atoms with Crippen molar-refractivity contribution in [2.45, 2.75) is 19.2 Å². The average Bonchev–Trinajstić information content (AvgIpc) is 2.18. The maximum absolute atomic E-state index is 12.7. The third kappa shape index (κ3) is 4.76. The third-order valence-corrected chi connectivity index (χ3v) is 2.53. The first-order chi connectivity index (χ1) is 8.60. The molecule has 1 aromatic rings. The SMILES string of the molecule is O=C(O)Cc1cc(C(F)F)c(OC(F)(F)F)c(I)n1. The van der Waals surface area contributed by atoms with Gasteiger partial charge in [0, 0.05) is 0 Å². The van der Waals surface area contributed by atoms with Crippen LogP contribution in [0.4, 0.5) is 22.0 Å². The van der Waals surface area contributed by atoms with Gasteiger partial charge in [0.2, 0.25) is 0 Å². The van der Waals surface area contributed by atoms with E-state index in [1.165, 1.54) is 22.6 Å². The minimum absolute atomic E-state index is 0.276. The minimum atomic E-state index is -5.14. The van der Waals surface area contributed by atoms with E-state index in [0.717, 1.165) is 0 Å². The van der Waals surface area contributed by atoms with Crippen LogP contribution in [0.25, 0.3) is 0 Å². The molecule has 0 bridgehead atoms. The van der Waals surface area contributed by atoms with E-state index < -0.39 is 40.2 Å². The molecule has 4 nitrogen and oxygen atoms in total. The summed E-state index contributed by atoms with van der Waals surface area (Å²) >= 11 is 1.27. The molecule has 0 aliphatic heterocycles. The highest BCUT2D eigenvalue weighted by molar-refractivity contribution is 14.1. The molecule has 0 aliphatic rings. The Hall–Kier alpha value is -1.20. The Morgan fingerprint density at radius 2 is 2.05 bits per heavy atom. The highest BCUT2D eigenvalue weighted by Gasteiger charge is 2.35. The molecule has 10 heteroatoms. The van der Waals surface area contributed by atoms with Crippen LogP contribution in [-0.2, 0) is 11.2 Å². The first-order valence-electron chi connectivity index (χ1n) is 4.55. The molecule has 0 saturated heterocycles. The number of carboxylic acid groups (broad SMARTS) is 1. The normalized spacial score (nSPS) is 11.7. The van der Waals surface area contributed by atoms with Gasteiger partial charge in [0.1, 0.15) is 3.70 Å². The Bertz CT molecular complexity index is 491. The lowest BCUT2D eigenvalue weighted by molar-refractivity contribution is -0.275. The Morgan fingerprint density at radius 1 is 1.47 bits per heavy atom. The van der Waals surface area contributed by atoms with Gasteiger partial charge in [-0.2, -0.15) is 0 Å². The average molecular weight is 397 g/mol. The number of ether oxygens (including phenoxy) is 1. The maximum atomic E-state index is 12.7. The summed E-state index contributed by atoms with van der Waals surface area (Å²) in [4.78, 5) is 13.9. The monoisotopic (exact) mass is 397 g/mol. The highest BCUT2D eigenvalue weighted by Crippen LogP contribution is 2.36. The van der Waals surface area contributed by atoms with E-state index in [2.05, 4.69) is 9.72 Å². The van der Waals surface area contributed by atoms with Crippen LogP contribution in [0.15, 0.2) is 6.07 Å². The largest absolute Gasteiger partial charge is 0.573 e. The quantitative estimate of drug-likeness (QED) is 0.482. The van der Waals surface area contributed by atoms with E-state index in [-0.39, 0.29) is 5.69 Å². The van der Waals surface area contributed by atoms with Crippen molar-refractivity contribution in [1.82, 2.24) is 4.98 Å². The zero-order chi connectivity index (χ0) is 14.8. The lowest BCUT2D eigenvalue weighted by Gasteiger charge is -2.15. The summed E-state index contributed by atoms with van der Waals surface area (Å²) in [5.41, 5.74) is -1.32. The van der Waals surface area contributed by atoms with Gasteiger partial charge >= 0.3 is 12.3 Å². The molecule has 0 radical (unpaired) electrons. The van der Waals surface area contributed by atoms with Crippen LogP contribution in [0.3, 0.4) is 0 Å². The number of pyridine rings is 1. The van der Waals surface area contributed by atoms with Gasteiger partial charge in [-0.1, -0.05) is 0 Å². The van der Waals surface area contributed by atoms with Gasteiger partial charge < -0.3 is 9.84 Å². The molecular weight excluding hydrogens is 392 g/mol. The molecular formula is C9H5F5INO3. The second-order valence-corrected chi connectivity index (χ2v) is 4.26. The van der Waals surface area contributed by atoms with Gasteiger partial charge in [-0.05, 0) is 28.7 Å². The first-order valence-corrected chi connectivity index (χ1v) is 5.63. The van der Waals surface area contributed by atoms with Crippen molar-refractivity contribution < 1.29 is 36.6 Å². The number of aliphatic carboxylic acids is 1. The van der Waals surface area contributed by atoms with E-state index >= 15 is 0 Å². The fraction of sp³-hybridized carbons (Fsp3) is 0.333. The summed E-state index contributed by atoms with van der Waals surface area (Å²) in [5, 5.41) is 8.50. The number of carboxylic acids is 1. The van der Waals surface area contributed by atoms with Crippen molar-refractivity contribution >= 4 is 28.6 Å². The minimum Gasteiger partial charge on any atom is -0.481 e. The third-order valence-electron chi connectivity index (χ3n) is 1.80. The summed E-state index contributed by atoms with van der Waals surface area (Å²) in [5.74, 6) is -2.45. The zero-order valence-electron chi connectivity index (χ0n) is 8.84. The number of aromatic nitrogens is 1. The molecule has 0 atom stereocenters. The predicted molar refractivity (Wildman–Crippen MR) is 59.9 cm³/mol. The molecule has 0 aliphatic carbocycles. The number of halogens is 6. The molecule has 1 rings (SSSR count). The molecule has 0 amide bonds.